The minimum Gasteiger partial charge on any atom is -0.351 e. The fourth-order valence-corrected chi connectivity index (χ4v) is 3.97. The SMILES string of the molecule is Cc1ccccc1CNC(=O)CNC1CCS(=O)(=O)C1. The van der Waals surface area contributed by atoms with Gasteiger partial charge in [-0.3, -0.25) is 4.79 Å². The Labute approximate surface area is 119 Å². The minimum atomic E-state index is -2.90. The number of hydrogen-bond acceptors (Lipinski definition) is 4. The number of aryl methyl sites for hydroxylation is 1. The molecular weight excluding hydrogens is 276 g/mol. The zero-order valence-electron chi connectivity index (χ0n) is 11.6. The van der Waals surface area contributed by atoms with Crippen molar-refractivity contribution in [1.29, 1.82) is 0 Å². The number of amides is 1. The fourth-order valence-electron chi connectivity index (χ4n) is 2.26. The molecule has 1 atom stereocenters. The molecule has 110 valence electrons. The average Bonchev–Trinajstić information content (AvgIpc) is 2.75. The molecule has 0 aliphatic carbocycles. The molecule has 0 saturated carbocycles. The molecule has 2 rings (SSSR count). The van der Waals surface area contributed by atoms with Gasteiger partial charge in [-0.25, -0.2) is 8.42 Å². The van der Waals surface area contributed by atoms with Crippen molar-refractivity contribution in [2.24, 2.45) is 0 Å². The van der Waals surface area contributed by atoms with E-state index >= 15 is 0 Å². The molecule has 1 fully saturated rings. The molecule has 1 saturated heterocycles. The van der Waals surface area contributed by atoms with Crippen LogP contribution in [0, 0.1) is 6.92 Å². The maximum atomic E-state index is 11.7. The topological polar surface area (TPSA) is 75.3 Å². The second kappa shape index (κ2) is 6.37. The Morgan fingerprint density at radius 1 is 1.35 bits per heavy atom. The van der Waals surface area contributed by atoms with E-state index in [1.165, 1.54) is 0 Å². The van der Waals surface area contributed by atoms with Gasteiger partial charge in [0, 0.05) is 12.6 Å². The Hall–Kier alpha value is -1.40. The van der Waals surface area contributed by atoms with Crippen LogP contribution in [0.4, 0.5) is 0 Å². The summed E-state index contributed by atoms with van der Waals surface area (Å²) in [5.74, 6) is 0.241. The molecule has 5 nitrogen and oxygen atoms in total. The van der Waals surface area contributed by atoms with Crippen LogP contribution in [0.25, 0.3) is 0 Å². The lowest BCUT2D eigenvalue weighted by atomic mass is 10.1. The highest BCUT2D eigenvalue weighted by atomic mass is 32.2. The average molecular weight is 296 g/mol. The Kier molecular flexibility index (Phi) is 4.77. The zero-order chi connectivity index (χ0) is 14.6. The molecular formula is C14H20N2O3S. The number of carbonyl (C=O) groups is 1. The van der Waals surface area contributed by atoms with E-state index in [-0.39, 0.29) is 30.0 Å². The molecule has 0 bridgehead atoms. The van der Waals surface area contributed by atoms with Gasteiger partial charge in [0.15, 0.2) is 9.84 Å². The van der Waals surface area contributed by atoms with Gasteiger partial charge in [-0.2, -0.15) is 0 Å². The van der Waals surface area contributed by atoms with Gasteiger partial charge in [-0.1, -0.05) is 24.3 Å². The summed E-state index contributed by atoms with van der Waals surface area (Å²) in [5, 5.41) is 5.83. The Morgan fingerprint density at radius 3 is 2.75 bits per heavy atom. The normalized spacial score (nSPS) is 20.8. The van der Waals surface area contributed by atoms with Gasteiger partial charge in [0.1, 0.15) is 0 Å². The molecule has 0 aromatic heterocycles. The highest BCUT2D eigenvalue weighted by molar-refractivity contribution is 7.91. The second-order valence-corrected chi connectivity index (χ2v) is 7.41. The maximum Gasteiger partial charge on any atom is 0.234 e. The number of sulfone groups is 1. The summed E-state index contributed by atoms with van der Waals surface area (Å²) < 4.78 is 22.6. The molecule has 0 radical (unpaired) electrons. The van der Waals surface area contributed by atoms with E-state index in [0.717, 1.165) is 11.1 Å². The highest BCUT2D eigenvalue weighted by Gasteiger charge is 2.27. The number of hydrogen-bond donors (Lipinski definition) is 2. The Balaban J connectivity index is 1.73. The van der Waals surface area contributed by atoms with Gasteiger partial charge in [-0.15, -0.1) is 0 Å². The molecule has 2 N–H and O–H groups in total. The lowest BCUT2D eigenvalue weighted by Gasteiger charge is -2.11. The first kappa shape index (κ1) is 15.0. The van der Waals surface area contributed by atoms with Gasteiger partial charge in [0.2, 0.25) is 5.91 Å². The minimum absolute atomic E-state index is 0.0933. The molecule has 1 aromatic carbocycles. The van der Waals surface area contributed by atoms with Crippen molar-refractivity contribution in [3.8, 4) is 0 Å². The summed E-state index contributed by atoms with van der Waals surface area (Å²) >= 11 is 0. The molecule has 20 heavy (non-hydrogen) atoms. The number of nitrogens with one attached hydrogen (secondary N) is 2. The van der Waals surface area contributed by atoms with Crippen LogP contribution in [-0.4, -0.2) is 38.4 Å². The Morgan fingerprint density at radius 2 is 2.10 bits per heavy atom. The predicted molar refractivity (Wildman–Crippen MR) is 78.1 cm³/mol. The molecule has 6 heteroatoms. The van der Waals surface area contributed by atoms with E-state index in [9.17, 15) is 13.2 Å². The molecule has 1 heterocycles. The Bertz CT molecular complexity index is 584. The summed E-state index contributed by atoms with van der Waals surface area (Å²) in [5.41, 5.74) is 2.23. The lowest BCUT2D eigenvalue weighted by Crippen LogP contribution is -2.39. The van der Waals surface area contributed by atoms with Crippen molar-refractivity contribution >= 4 is 15.7 Å². The third-order valence-electron chi connectivity index (χ3n) is 3.52. The van der Waals surface area contributed by atoms with E-state index in [1.807, 2.05) is 31.2 Å². The zero-order valence-corrected chi connectivity index (χ0v) is 12.4. The predicted octanol–water partition coefficient (Wildman–Crippen LogP) is 0.388. The number of carbonyl (C=O) groups excluding carboxylic acids is 1. The third-order valence-corrected chi connectivity index (χ3v) is 5.29. The van der Waals surface area contributed by atoms with Crippen LogP contribution in [0.5, 0.6) is 0 Å². The van der Waals surface area contributed by atoms with Crippen molar-refractivity contribution in [3.05, 3.63) is 35.4 Å². The summed E-state index contributed by atoms with van der Waals surface area (Å²) in [4.78, 5) is 11.7. The van der Waals surface area contributed by atoms with Crippen LogP contribution < -0.4 is 10.6 Å². The van der Waals surface area contributed by atoms with Crippen LogP contribution in [0.1, 0.15) is 17.5 Å². The van der Waals surface area contributed by atoms with Gasteiger partial charge >= 0.3 is 0 Å². The summed E-state index contributed by atoms with van der Waals surface area (Å²) in [6.07, 6.45) is 0.591. The van der Waals surface area contributed by atoms with Crippen molar-refractivity contribution in [2.45, 2.75) is 25.9 Å². The van der Waals surface area contributed by atoms with Crippen LogP contribution in [0.3, 0.4) is 0 Å². The van der Waals surface area contributed by atoms with Crippen molar-refractivity contribution in [3.63, 3.8) is 0 Å². The number of benzene rings is 1. The molecule has 1 aliphatic rings. The van der Waals surface area contributed by atoms with Crippen LogP contribution in [0.15, 0.2) is 24.3 Å². The quantitative estimate of drug-likeness (QED) is 0.824. The first-order valence-electron chi connectivity index (χ1n) is 6.71. The smallest absolute Gasteiger partial charge is 0.234 e. The van der Waals surface area contributed by atoms with Crippen LogP contribution in [-0.2, 0) is 21.2 Å². The lowest BCUT2D eigenvalue weighted by molar-refractivity contribution is -0.120. The standard InChI is InChI=1S/C14H20N2O3S/c1-11-4-2-3-5-12(11)8-16-14(17)9-15-13-6-7-20(18,19)10-13/h2-5,13,15H,6-10H2,1H3,(H,16,17). The molecule has 1 aromatic rings. The third kappa shape index (κ3) is 4.31. The molecule has 1 aliphatic heterocycles. The van der Waals surface area contributed by atoms with E-state index in [2.05, 4.69) is 10.6 Å². The fraction of sp³-hybridized carbons (Fsp3) is 0.500. The van der Waals surface area contributed by atoms with Crippen molar-refractivity contribution < 1.29 is 13.2 Å². The summed E-state index contributed by atoms with van der Waals surface area (Å²) in [7, 11) is -2.90. The van der Waals surface area contributed by atoms with Crippen molar-refractivity contribution in [1.82, 2.24) is 10.6 Å². The van der Waals surface area contributed by atoms with Gasteiger partial charge in [0.05, 0.1) is 18.1 Å². The van der Waals surface area contributed by atoms with E-state index < -0.39 is 9.84 Å². The largest absolute Gasteiger partial charge is 0.351 e. The van der Waals surface area contributed by atoms with Gasteiger partial charge in [0.25, 0.3) is 0 Å². The van der Waals surface area contributed by atoms with Gasteiger partial charge in [-0.05, 0) is 24.5 Å². The first-order valence-corrected chi connectivity index (χ1v) is 8.53. The first-order chi connectivity index (χ1) is 9.46. The van der Waals surface area contributed by atoms with E-state index in [4.69, 9.17) is 0 Å². The van der Waals surface area contributed by atoms with Crippen LogP contribution >= 0.6 is 0 Å². The van der Waals surface area contributed by atoms with Crippen LogP contribution in [0.2, 0.25) is 0 Å². The second-order valence-electron chi connectivity index (χ2n) is 5.18. The van der Waals surface area contributed by atoms with E-state index in [0.29, 0.717) is 13.0 Å². The molecule has 1 amide bonds. The van der Waals surface area contributed by atoms with Gasteiger partial charge < -0.3 is 10.6 Å². The number of rotatable bonds is 5. The van der Waals surface area contributed by atoms with E-state index in [1.54, 1.807) is 0 Å². The molecule has 0 spiro atoms. The monoisotopic (exact) mass is 296 g/mol. The maximum absolute atomic E-state index is 11.7. The highest BCUT2D eigenvalue weighted by Crippen LogP contribution is 2.10. The molecule has 1 unspecified atom stereocenters. The van der Waals surface area contributed by atoms with Crippen molar-refractivity contribution in [2.75, 3.05) is 18.1 Å². The summed E-state index contributed by atoms with van der Waals surface area (Å²) in [6.45, 7) is 2.66. The summed E-state index contributed by atoms with van der Waals surface area (Å²) in [6, 6.07) is 7.79.